The molecule has 0 spiro atoms. The minimum atomic E-state index is -1.16. The molecular formula is C15H7ClF2N2O3. The molecule has 0 saturated carbocycles. The molecule has 0 amide bonds. The minimum Gasteiger partial charge on any atom is -0.389 e. The maximum Gasteiger partial charge on any atom is 0.429 e. The molecule has 1 heterocycles. The van der Waals surface area contributed by atoms with Crippen molar-refractivity contribution >= 4 is 11.6 Å². The molecule has 0 unspecified atom stereocenters. The summed E-state index contributed by atoms with van der Waals surface area (Å²) >= 11 is 5.92. The number of nitrogens with zero attached hydrogens (tertiary/aromatic N) is 2. The van der Waals surface area contributed by atoms with Gasteiger partial charge < -0.3 is 4.42 Å². The summed E-state index contributed by atoms with van der Waals surface area (Å²) in [5.41, 5.74) is -1.69. The van der Waals surface area contributed by atoms with Crippen LogP contribution in [-0.2, 0) is 0 Å². The Morgan fingerprint density at radius 1 is 1.00 bits per heavy atom. The molecule has 0 aliphatic heterocycles. The number of aromatic nitrogens is 2. The van der Waals surface area contributed by atoms with E-state index in [0.717, 1.165) is 18.2 Å². The number of hydrogen-bond donors (Lipinski definition) is 0. The zero-order valence-corrected chi connectivity index (χ0v) is 12.1. The lowest BCUT2D eigenvalue weighted by molar-refractivity contribution is 0.440. The second-order valence-corrected chi connectivity index (χ2v) is 4.86. The predicted octanol–water partition coefficient (Wildman–Crippen LogP) is 2.78. The lowest BCUT2D eigenvalue weighted by Gasteiger charge is -2.06. The smallest absolute Gasteiger partial charge is 0.389 e. The zero-order valence-electron chi connectivity index (χ0n) is 11.3. The highest BCUT2D eigenvalue weighted by atomic mass is 35.5. The van der Waals surface area contributed by atoms with Crippen LogP contribution in [0.4, 0.5) is 8.78 Å². The van der Waals surface area contributed by atoms with E-state index in [-0.39, 0.29) is 10.7 Å². The Morgan fingerprint density at radius 3 is 2.26 bits per heavy atom. The number of benzene rings is 2. The molecule has 2 aromatic carbocycles. The molecule has 0 fully saturated rings. The number of rotatable bonds is 2. The second kappa shape index (κ2) is 5.77. The van der Waals surface area contributed by atoms with Crippen LogP contribution in [0.3, 0.4) is 0 Å². The van der Waals surface area contributed by atoms with Gasteiger partial charge in [0.2, 0.25) is 5.89 Å². The minimum absolute atomic E-state index is 0.0565. The quantitative estimate of drug-likeness (QED) is 0.722. The van der Waals surface area contributed by atoms with Crippen molar-refractivity contribution in [1.29, 1.82) is 0 Å². The van der Waals surface area contributed by atoms with Gasteiger partial charge in [0, 0.05) is 0 Å². The molecule has 8 heteroatoms. The molecule has 23 heavy (non-hydrogen) atoms. The van der Waals surface area contributed by atoms with Gasteiger partial charge in [-0.1, -0.05) is 29.8 Å². The van der Waals surface area contributed by atoms with Gasteiger partial charge in [-0.15, -0.1) is 0 Å². The van der Waals surface area contributed by atoms with Crippen LogP contribution in [0, 0.1) is 11.6 Å². The standard InChI is InChI=1S/C15H7ClF2N2O3/c16-8-4-1-2-7-11(8)20-14(21)19-13(23-15(20)22)12-9(17)5-3-6-10(12)18/h1-7H. The normalized spacial score (nSPS) is 10.7. The van der Waals surface area contributed by atoms with Crippen LogP contribution in [0.25, 0.3) is 17.1 Å². The molecular weight excluding hydrogens is 330 g/mol. The van der Waals surface area contributed by atoms with E-state index >= 15 is 0 Å². The third-order valence-corrected chi connectivity index (χ3v) is 3.34. The van der Waals surface area contributed by atoms with Crippen molar-refractivity contribution in [2.75, 3.05) is 0 Å². The van der Waals surface area contributed by atoms with Crippen LogP contribution in [0.1, 0.15) is 0 Å². The average Bonchev–Trinajstić information content (AvgIpc) is 2.48. The van der Waals surface area contributed by atoms with E-state index in [4.69, 9.17) is 16.0 Å². The summed E-state index contributed by atoms with van der Waals surface area (Å²) in [6.07, 6.45) is 0. The zero-order chi connectivity index (χ0) is 16.6. The van der Waals surface area contributed by atoms with Crippen molar-refractivity contribution in [2.45, 2.75) is 0 Å². The Hall–Kier alpha value is -2.80. The molecule has 0 bridgehead atoms. The van der Waals surface area contributed by atoms with Crippen LogP contribution < -0.4 is 11.4 Å². The average molecular weight is 337 g/mol. The second-order valence-electron chi connectivity index (χ2n) is 4.45. The van der Waals surface area contributed by atoms with Gasteiger partial charge in [0.05, 0.1) is 10.7 Å². The van der Waals surface area contributed by atoms with Crippen LogP contribution in [-0.4, -0.2) is 9.55 Å². The molecule has 0 radical (unpaired) electrons. The van der Waals surface area contributed by atoms with Crippen LogP contribution in [0.15, 0.2) is 56.5 Å². The Labute approximate surface area is 132 Å². The van der Waals surface area contributed by atoms with E-state index in [1.54, 1.807) is 12.1 Å². The van der Waals surface area contributed by atoms with Gasteiger partial charge in [0.15, 0.2) is 0 Å². The summed E-state index contributed by atoms with van der Waals surface area (Å²) < 4.78 is 32.8. The van der Waals surface area contributed by atoms with Crippen molar-refractivity contribution in [3.63, 3.8) is 0 Å². The van der Waals surface area contributed by atoms with Crippen molar-refractivity contribution in [2.24, 2.45) is 0 Å². The monoisotopic (exact) mass is 336 g/mol. The number of halogens is 3. The first-order valence-electron chi connectivity index (χ1n) is 6.32. The first-order chi connectivity index (χ1) is 11.0. The third-order valence-electron chi connectivity index (χ3n) is 3.03. The number of hydrogen-bond acceptors (Lipinski definition) is 4. The van der Waals surface area contributed by atoms with E-state index in [2.05, 4.69) is 4.98 Å². The fourth-order valence-corrected chi connectivity index (χ4v) is 2.23. The van der Waals surface area contributed by atoms with Gasteiger partial charge >= 0.3 is 11.4 Å². The van der Waals surface area contributed by atoms with Gasteiger partial charge in [-0.25, -0.2) is 18.4 Å². The van der Waals surface area contributed by atoms with Crippen molar-refractivity contribution in [3.05, 3.63) is 80.2 Å². The molecule has 5 nitrogen and oxygen atoms in total. The summed E-state index contributed by atoms with van der Waals surface area (Å²) in [6, 6.07) is 9.09. The maximum absolute atomic E-state index is 13.7. The van der Waals surface area contributed by atoms with Crippen molar-refractivity contribution < 1.29 is 13.2 Å². The molecule has 0 aliphatic carbocycles. The van der Waals surface area contributed by atoms with Crippen LogP contribution in [0.5, 0.6) is 0 Å². The topological polar surface area (TPSA) is 65.1 Å². The van der Waals surface area contributed by atoms with Crippen LogP contribution in [0.2, 0.25) is 5.02 Å². The lowest BCUT2D eigenvalue weighted by Crippen LogP contribution is -2.33. The fraction of sp³-hybridized carbons (Fsp3) is 0. The molecule has 1 aromatic heterocycles. The largest absolute Gasteiger partial charge is 0.429 e. The van der Waals surface area contributed by atoms with E-state index in [1.165, 1.54) is 12.1 Å². The van der Waals surface area contributed by atoms with Crippen molar-refractivity contribution in [1.82, 2.24) is 9.55 Å². The van der Waals surface area contributed by atoms with Gasteiger partial charge in [-0.2, -0.15) is 9.55 Å². The van der Waals surface area contributed by atoms with E-state index < -0.39 is 34.5 Å². The summed E-state index contributed by atoms with van der Waals surface area (Å²) in [5, 5.41) is 0.119. The Bertz CT molecular complexity index is 963. The maximum atomic E-state index is 13.7. The Kier molecular flexibility index (Phi) is 3.79. The molecule has 116 valence electrons. The van der Waals surface area contributed by atoms with Gasteiger partial charge in [-0.3, -0.25) is 0 Å². The van der Waals surface area contributed by atoms with Gasteiger partial charge in [-0.05, 0) is 24.3 Å². The molecule has 3 rings (SSSR count). The van der Waals surface area contributed by atoms with Crippen molar-refractivity contribution in [3.8, 4) is 17.1 Å². The number of para-hydroxylation sites is 1. The summed E-state index contributed by atoms with van der Waals surface area (Å²) in [5.74, 6) is -3.90. The van der Waals surface area contributed by atoms with Crippen LogP contribution >= 0.6 is 11.6 Å². The molecule has 3 aromatic rings. The van der Waals surface area contributed by atoms with Gasteiger partial charge in [0.1, 0.15) is 17.2 Å². The molecule has 0 aliphatic rings. The highest BCUT2D eigenvalue weighted by Gasteiger charge is 2.19. The first-order valence-corrected chi connectivity index (χ1v) is 6.70. The molecule has 0 N–H and O–H groups in total. The van der Waals surface area contributed by atoms with Gasteiger partial charge in [0.25, 0.3) is 0 Å². The van der Waals surface area contributed by atoms with E-state index in [1.807, 2.05) is 0 Å². The summed E-state index contributed by atoms with van der Waals surface area (Å²) in [7, 11) is 0. The summed E-state index contributed by atoms with van der Waals surface area (Å²) in [6.45, 7) is 0. The SMILES string of the molecule is O=c1nc(-c2c(F)cccc2F)oc(=O)n1-c1ccccc1Cl. The Morgan fingerprint density at radius 2 is 1.65 bits per heavy atom. The Balaban J connectivity index is 2.26. The first kappa shape index (κ1) is 15.1. The predicted molar refractivity (Wildman–Crippen MR) is 78.7 cm³/mol. The van der Waals surface area contributed by atoms with E-state index in [0.29, 0.717) is 4.57 Å². The highest BCUT2D eigenvalue weighted by Crippen LogP contribution is 2.23. The highest BCUT2D eigenvalue weighted by molar-refractivity contribution is 6.32. The molecule has 0 atom stereocenters. The summed E-state index contributed by atoms with van der Waals surface area (Å²) in [4.78, 5) is 27.6. The third kappa shape index (κ3) is 2.66. The molecule has 0 saturated heterocycles. The lowest BCUT2D eigenvalue weighted by atomic mass is 10.2. The fourth-order valence-electron chi connectivity index (χ4n) is 2.01. The van der Waals surface area contributed by atoms with E-state index in [9.17, 15) is 18.4 Å².